The molecule has 2 aliphatic carbocycles. The molecule has 55 heavy (non-hydrogen) atoms. The highest BCUT2D eigenvalue weighted by Gasteiger charge is 2.70. The summed E-state index contributed by atoms with van der Waals surface area (Å²) in [5, 5.41) is 12.3. The van der Waals surface area contributed by atoms with Crippen LogP contribution in [-0.2, 0) is 29.3 Å². The number of carbonyl (C=O) groups excluding carboxylic acids is 4. The van der Waals surface area contributed by atoms with Gasteiger partial charge in [0, 0.05) is 39.8 Å². The lowest BCUT2D eigenvalue weighted by molar-refractivity contribution is -0.127. The van der Waals surface area contributed by atoms with Gasteiger partial charge >= 0.3 is 0 Å². The smallest absolute Gasteiger partial charge is 0.246 e. The topological polar surface area (TPSA) is 117 Å². The van der Waals surface area contributed by atoms with Crippen molar-refractivity contribution in [1.82, 2.24) is 0 Å². The summed E-state index contributed by atoms with van der Waals surface area (Å²) in [7, 11) is 1.45. The van der Waals surface area contributed by atoms with E-state index in [0.717, 1.165) is 24.4 Å². The number of hydrogen-bond acceptors (Lipinski definition) is 8. The predicted molar refractivity (Wildman–Crippen MR) is 210 cm³/mol. The minimum Gasteiger partial charge on any atom is -0.504 e. The highest BCUT2D eigenvalue weighted by Crippen LogP contribution is 2.66. The Hall–Kier alpha value is -4.97. The van der Waals surface area contributed by atoms with Gasteiger partial charge in [0.1, 0.15) is 0 Å². The van der Waals surface area contributed by atoms with Crippen LogP contribution in [0.4, 0.5) is 17.1 Å². The van der Waals surface area contributed by atoms with Crippen LogP contribution >= 0.6 is 27.5 Å². The first-order valence-corrected chi connectivity index (χ1v) is 19.6. The van der Waals surface area contributed by atoms with Gasteiger partial charge in [0.05, 0.1) is 54.9 Å². The predicted octanol–water partition coefficient (Wildman–Crippen LogP) is 7.02. The van der Waals surface area contributed by atoms with Crippen LogP contribution in [0.2, 0.25) is 5.02 Å². The van der Waals surface area contributed by atoms with E-state index in [1.165, 1.54) is 16.9 Å². The molecule has 4 aromatic rings. The molecule has 12 heteroatoms. The van der Waals surface area contributed by atoms with E-state index < -0.39 is 46.8 Å². The van der Waals surface area contributed by atoms with E-state index in [2.05, 4.69) is 20.8 Å². The zero-order valence-corrected chi connectivity index (χ0v) is 32.2. The largest absolute Gasteiger partial charge is 0.504 e. The lowest BCUT2D eigenvalue weighted by Crippen LogP contribution is -2.53. The standard InChI is InChI=1S/C43H37BrClN3O7/c1-54-35-21-25(44)20-33(38(35)49)37-30-14-15-31-36(41(52)47(39(31)50)28-12-10-27(11-13-28)46-16-18-55-19-17-46)32(30)23-34-40(51)48(29-9-5-8-26(45)22-29)42(53)43(34,37)24-6-3-2-4-7-24/h2-14,20-22,31-32,34,36-37,49H,15-19,23H2,1H3/t31-,32+,34-,36-,37+,43+/m0/s1. The Morgan fingerprint density at radius 2 is 1.55 bits per heavy atom. The van der Waals surface area contributed by atoms with Crippen LogP contribution in [0.5, 0.6) is 11.5 Å². The normalized spacial score (nSPS) is 27.5. The van der Waals surface area contributed by atoms with Gasteiger partial charge in [-0.2, -0.15) is 0 Å². The van der Waals surface area contributed by atoms with Crippen LogP contribution in [-0.4, -0.2) is 62.1 Å². The molecule has 3 aliphatic heterocycles. The summed E-state index contributed by atoms with van der Waals surface area (Å²) < 4.78 is 11.7. The zero-order chi connectivity index (χ0) is 38.2. The number of benzene rings is 4. The summed E-state index contributed by atoms with van der Waals surface area (Å²) in [6.45, 7) is 2.77. The number of fused-ring (bicyclic) bond motifs is 4. The van der Waals surface area contributed by atoms with Gasteiger partial charge < -0.3 is 19.5 Å². The molecular weight excluding hydrogens is 786 g/mol. The number of aromatic hydroxyl groups is 1. The number of allylic oxidation sites excluding steroid dienone is 2. The monoisotopic (exact) mass is 821 g/mol. The summed E-state index contributed by atoms with van der Waals surface area (Å²) in [6.07, 6.45) is 2.36. The van der Waals surface area contributed by atoms with Gasteiger partial charge in [-0.05, 0) is 78.9 Å². The van der Waals surface area contributed by atoms with Crippen molar-refractivity contribution in [3.05, 3.63) is 123 Å². The average molecular weight is 823 g/mol. The highest BCUT2D eigenvalue weighted by atomic mass is 79.9. The SMILES string of the molecule is COc1cc(Br)cc([C@H]2C3=CC[C@@H]4C(=O)N(c5ccc(N6CCOCC6)cc5)C(=O)[C@@H]4[C@@H]3C[C@H]3C(=O)N(c4cccc(Cl)c4)C(=O)[C@@]23c2ccccc2)c1O. The van der Waals surface area contributed by atoms with E-state index in [0.29, 0.717) is 45.2 Å². The molecule has 9 rings (SSSR count). The maximum atomic E-state index is 15.5. The fraction of sp³-hybridized carbons (Fsp3) is 0.302. The Morgan fingerprint density at radius 3 is 2.25 bits per heavy atom. The van der Waals surface area contributed by atoms with Gasteiger partial charge in [-0.1, -0.05) is 75.6 Å². The van der Waals surface area contributed by atoms with Crippen LogP contribution in [0.3, 0.4) is 0 Å². The molecule has 280 valence electrons. The van der Waals surface area contributed by atoms with E-state index in [-0.39, 0.29) is 36.2 Å². The number of nitrogens with zero attached hydrogens (tertiary/aromatic N) is 3. The first-order valence-electron chi connectivity index (χ1n) is 18.4. The molecule has 5 aliphatic rings. The molecule has 6 atom stereocenters. The van der Waals surface area contributed by atoms with Crippen LogP contribution in [0, 0.1) is 23.7 Å². The number of ether oxygens (including phenoxy) is 2. The molecule has 0 bridgehead atoms. The summed E-state index contributed by atoms with van der Waals surface area (Å²) in [5.41, 5.74) is 1.96. The van der Waals surface area contributed by atoms with Crippen LogP contribution in [0.1, 0.15) is 29.9 Å². The maximum Gasteiger partial charge on any atom is 0.246 e. The molecule has 4 aromatic carbocycles. The van der Waals surface area contributed by atoms with Gasteiger partial charge in [0.15, 0.2) is 11.5 Å². The van der Waals surface area contributed by atoms with E-state index in [9.17, 15) is 14.7 Å². The second-order valence-corrected chi connectivity index (χ2v) is 16.1. The number of halogens is 2. The Labute approximate surface area is 331 Å². The summed E-state index contributed by atoms with van der Waals surface area (Å²) in [5.74, 6) is -5.45. The van der Waals surface area contributed by atoms with E-state index in [1.54, 1.807) is 36.4 Å². The highest BCUT2D eigenvalue weighted by molar-refractivity contribution is 9.10. The van der Waals surface area contributed by atoms with Crippen molar-refractivity contribution < 1.29 is 33.8 Å². The molecule has 0 aromatic heterocycles. The molecule has 0 spiro atoms. The fourth-order valence-electron chi connectivity index (χ4n) is 9.95. The van der Waals surface area contributed by atoms with Crippen LogP contribution in [0.25, 0.3) is 0 Å². The van der Waals surface area contributed by atoms with Crippen molar-refractivity contribution in [3.63, 3.8) is 0 Å². The third-order valence-corrected chi connectivity index (χ3v) is 12.9. The van der Waals surface area contributed by atoms with Crippen molar-refractivity contribution in [2.24, 2.45) is 23.7 Å². The molecule has 1 saturated carbocycles. The van der Waals surface area contributed by atoms with Gasteiger partial charge in [0.25, 0.3) is 0 Å². The lowest BCUT2D eigenvalue weighted by Gasteiger charge is -2.50. The second kappa shape index (κ2) is 13.6. The summed E-state index contributed by atoms with van der Waals surface area (Å²) in [4.78, 5) is 64.3. The van der Waals surface area contributed by atoms with Crippen LogP contribution in [0.15, 0.2) is 107 Å². The lowest BCUT2D eigenvalue weighted by atomic mass is 9.49. The Morgan fingerprint density at radius 1 is 0.818 bits per heavy atom. The van der Waals surface area contributed by atoms with Gasteiger partial charge in [-0.3, -0.25) is 24.1 Å². The maximum absolute atomic E-state index is 15.5. The third-order valence-electron chi connectivity index (χ3n) is 12.3. The number of imide groups is 2. The van der Waals surface area contributed by atoms with Crippen molar-refractivity contribution >= 4 is 68.2 Å². The fourth-order valence-corrected chi connectivity index (χ4v) is 10.6. The van der Waals surface area contributed by atoms with Crippen molar-refractivity contribution in [2.45, 2.75) is 24.2 Å². The van der Waals surface area contributed by atoms with Gasteiger partial charge in [-0.15, -0.1) is 0 Å². The number of hydrogen-bond donors (Lipinski definition) is 1. The van der Waals surface area contributed by atoms with E-state index in [4.69, 9.17) is 21.1 Å². The Kier molecular flexibility index (Phi) is 8.86. The van der Waals surface area contributed by atoms with Gasteiger partial charge in [-0.25, -0.2) is 4.90 Å². The number of carbonyl (C=O) groups is 4. The van der Waals surface area contributed by atoms with E-state index >= 15 is 9.59 Å². The average Bonchev–Trinajstić information content (AvgIpc) is 3.60. The number of methoxy groups -OCH3 is 1. The molecule has 3 saturated heterocycles. The molecule has 4 amide bonds. The number of rotatable bonds is 6. The number of phenols is 1. The molecular formula is C43H37BrClN3O7. The Bertz CT molecular complexity index is 2280. The first kappa shape index (κ1) is 35.7. The van der Waals surface area contributed by atoms with Crippen molar-refractivity contribution in [3.8, 4) is 11.5 Å². The Balaban J connectivity index is 1.21. The molecule has 0 unspecified atom stereocenters. The molecule has 0 radical (unpaired) electrons. The minimum atomic E-state index is -1.54. The number of phenolic OH excluding ortho intramolecular Hbond substituents is 1. The third kappa shape index (κ3) is 5.38. The quantitative estimate of drug-likeness (QED) is 0.163. The van der Waals surface area contributed by atoms with Crippen molar-refractivity contribution in [2.75, 3.05) is 48.1 Å². The van der Waals surface area contributed by atoms with Crippen LogP contribution < -0.4 is 19.4 Å². The molecule has 1 N–H and O–H groups in total. The van der Waals surface area contributed by atoms with E-state index in [1.807, 2.05) is 60.7 Å². The minimum absolute atomic E-state index is 0.134. The number of amides is 4. The zero-order valence-electron chi connectivity index (χ0n) is 29.9. The summed E-state index contributed by atoms with van der Waals surface area (Å²) in [6, 6.07) is 26.7. The molecule has 10 nitrogen and oxygen atoms in total. The van der Waals surface area contributed by atoms with Crippen molar-refractivity contribution in [1.29, 1.82) is 0 Å². The molecule has 4 fully saturated rings. The second-order valence-electron chi connectivity index (χ2n) is 14.8. The summed E-state index contributed by atoms with van der Waals surface area (Å²) >= 11 is 10.0. The number of morpholine rings is 1. The number of anilines is 3. The van der Waals surface area contributed by atoms with Gasteiger partial charge in [0.2, 0.25) is 23.6 Å². The molecule has 3 heterocycles. The first-order chi connectivity index (χ1) is 26.6.